The molecule has 1 atom stereocenters. The molecule has 5 rings (SSSR count). The maximum absolute atomic E-state index is 13.4. The number of carbonyl (C=O) groups excluding carboxylic acids is 2. The van der Waals surface area contributed by atoms with Gasteiger partial charge in [0, 0.05) is 42.4 Å². The van der Waals surface area contributed by atoms with Crippen LogP contribution in [0, 0.1) is 5.41 Å². The van der Waals surface area contributed by atoms with E-state index in [0.29, 0.717) is 35.0 Å². The van der Waals surface area contributed by atoms with E-state index in [1.54, 1.807) is 22.8 Å². The summed E-state index contributed by atoms with van der Waals surface area (Å²) in [6.45, 7) is -0.0861. The number of oxazole rings is 1. The maximum Gasteiger partial charge on any atom is 0.431 e. The van der Waals surface area contributed by atoms with Crippen molar-refractivity contribution in [3.8, 4) is 0 Å². The van der Waals surface area contributed by atoms with Crippen molar-refractivity contribution < 1.29 is 27.2 Å². The number of aromatic nitrogens is 2. The molecule has 2 aromatic heterocycles. The molecule has 0 spiro atoms. The number of para-hydroxylation sites is 1. The van der Waals surface area contributed by atoms with Gasteiger partial charge < -0.3 is 30.3 Å². The van der Waals surface area contributed by atoms with Gasteiger partial charge in [0.1, 0.15) is 17.5 Å². The van der Waals surface area contributed by atoms with Crippen LogP contribution in [0.3, 0.4) is 0 Å². The van der Waals surface area contributed by atoms with Gasteiger partial charge in [0.05, 0.1) is 23.9 Å². The number of anilines is 1. The standard InChI is InChI=1S/C27H23F3N6O3/c1-35-21-9-5-8-17-19(18(11-31)23(32)27(28,29)30)13-36(22(17)21)14-20(26(35)38)34-24(37)25-33-12-16(39-25)10-15-6-3-2-4-7-15/h2-9,11-13,20,31H,10,14,32H2,1H3,(H,34,37)/b23-18+,31-11?/t20-/m0/s1. The number of nitrogens with zero attached hydrogens (tertiary/aromatic N) is 3. The van der Waals surface area contributed by atoms with Crippen molar-refractivity contribution in [1.29, 1.82) is 5.41 Å². The van der Waals surface area contributed by atoms with Crippen LogP contribution < -0.4 is 16.0 Å². The van der Waals surface area contributed by atoms with Crippen LogP contribution in [0.15, 0.2) is 71.0 Å². The van der Waals surface area contributed by atoms with E-state index in [4.69, 9.17) is 15.6 Å². The lowest BCUT2D eigenvalue weighted by atomic mass is 10.0. The summed E-state index contributed by atoms with van der Waals surface area (Å²) in [5.74, 6) is -0.900. The number of rotatable bonds is 6. The number of hydrogen-bond acceptors (Lipinski definition) is 6. The van der Waals surface area contributed by atoms with Crippen molar-refractivity contribution in [3.63, 3.8) is 0 Å². The summed E-state index contributed by atoms with van der Waals surface area (Å²) in [6.07, 6.45) is -1.01. The minimum atomic E-state index is -4.84. The van der Waals surface area contributed by atoms with Gasteiger partial charge in [-0.05, 0) is 11.6 Å². The highest BCUT2D eigenvalue weighted by Crippen LogP contribution is 2.37. The zero-order chi connectivity index (χ0) is 27.9. The first-order chi connectivity index (χ1) is 18.6. The number of likely N-dealkylation sites (N-methyl/N-ethyl adjacent to an activating group) is 1. The average molecular weight is 537 g/mol. The fourth-order valence-electron chi connectivity index (χ4n) is 4.67. The van der Waals surface area contributed by atoms with Gasteiger partial charge in [-0.2, -0.15) is 13.2 Å². The molecule has 0 saturated heterocycles. The highest BCUT2D eigenvalue weighted by molar-refractivity contribution is 6.17. The molecule has 12 heteroatoms. The zero-order valence-electron chi connectivity index (χ0n) is 20.6. The predicted molar refractivity (Wildman–Crippen MR) is 138 cm³/mol. The van der Waals surface area contributed by atoms with Crippen LogP contribution in [0.4, 0.5) is 18.9 Å². The Morgan fingerprint density at radius 2 is 1.97 bits per heavy atom. The molecule has 0 radical (unpaired) electrons. The second-order valence-electron chi connectivity index (χ2n) is 9.06. The van der Waals surface area contributed by atoms with Crippen molar-refractivity contribution in [1.82, 2.24) is 14.9 Å². The topological polar surface area (TPSA) is 130 Å². The van der Waals surface area contributed by atoms with Crippen molar-refractivity contribution in [3.05, 3.63) is 89.4 Å². The molecule has 39 heavy (non-hydrogen) atoms. The number of allylic oxidation sites excluding steroid dienone is 2. The number of alkyl halides is 3. The predicted octanol–water partition coefficient (Wildman–Crippen LogP) is 3.88. The molecule has 0 bridgehead atoms. The van der Waals surface area contributed by atoms with E-state index < -0.39 is 35.3 Å². The van der Waals surface area contributed by atoms with Gasteiger partial charge in [-0.25, -0.2) is 4.98 Å². The molecule has 200 valence electrons. The Morgan fingerprint density at radius 3 is 2.67 bits per heavy atom. The Bertz CT molecular complexity index is 1620. The summed E-state index contributed by atoms with van der Waals surface area (Å²) in [7, 11) is 1.51. The highest BCUT2D eigenvalue weighted by Gasteiger charge is 2.36. The van der Waals surface area contributed by atoms with E-state index >= 15 is 0 Å². The molecule has 0 aliphatic carbocycles. The van der Waals surface area contributed by atoms with E-state index in [0.717, 1.165) is 5.56 Å². The van der Waals surface area contributed by atoms with E-state index in [9.17, 15) is 22.8 Å². The molecule has 2 aromatic carbocycles. The van der Waals surface area contributed by atoms with Gasteiger partial charge in [-0.15, -0.1) is 0 Å². The summed E-state index contributed by atoms with van der Waals surface area (Å²) < 4.78 is 47.4. The van der Waals surface area contributed by atoms with E-state index in [1.165, 1.54) is 24.3 Å². The molecule has 4 aromatic rings. The van der Waals surface area contributed by atoms with Gasteiger partial charge in [0.2, 0.25) is 0 Å². The first kappa shape index (κ1) is 25.8. The largest absolute Gasteiger partial charge is 0.437 e. The normalized spacial score (nSPS) is 16.2. The number of nitrogens with two attached hydrogens (primary N) is 1. The van der Waals surface area contributed by atoms with Gasteiger partial charge in [0.15, 0.2) is 0 Å². The van der Waals surface area contributed by atoms with Crippen LogP contribution in [-0.4, -0.2) is 46.8 Å². The molecule has 1 aliphatic heterocycles. The number of carbonyl (C=O) groups is 2. The molecule has 9 nitrogen and oxygen atoms in total. The van der Waals surface area contributed by atoms with E-state index in [1.807, 2.05) is 30.3 Å². The van der Waals surface area contributed by atoms with Crippen LogP contribution in [0.5, 0.6) is 0 Å². The lowest BCUT2D eigenvalue weighted by molar-refractivity contribution is -0.120. The average Bonchev–Trinajstić information content (AvgIpc) is 3.51. The molecule has 4 N–H and O–H groups in total. The number of halogens is 3. The summed E-state index contributed by atoms with van der Waals surface area (Å²) >= 11 is 0. The highest BCUT2D eigenvalue weighted by atomic mass is 19.4. The summed E-state index contributed by atoms with van der Waals surface area (Å²) in [5.41, 5.74) is 5.43. The second-order valence-corrected chi connectivity index (χ2v) is 9.06. The van der Waals surface area contributed by atoms with Gasteiger partial charge in [-0.1, -0.05) is 42.5 Å². The summed E-state index contributed by atoms with van der Waals surface area (Å²) in [6, 6.07) is 13.2. The van der Waals surface area contributed by atoms with Crippen molar-refractivity contribution in [2.24, 2.45) is 5.73 Å². The monoisotopic (exact) mass is 536 g/mol. The molecule has 3 heterocycles. The van der Waals surface area contributed by atoms with Gasteiger partial charge >= 0.3 is 12.1 Å². The molecule has 0 fully saturated rings. The third-order valence-corrected chi connectivity index (χ3v) is 6.55. The SMILES string of the molecule is CN1C(=O)[C@@H](NC(=O)c2ncc(Cc3ccccc3)o2)Cn2cc(/C(C=N)=C(/N)C(F)(F)F)c3cccc1c32. The first-order valence-electron chi connectivity index (χ1n) is 11.8. The van der Waals surface area contributed by atoms with Crippen LogP contribution in [-0.2, 0) is 17.8 Å². The van der Waals surface area contributed by atoms with E-state index in [-0.39, 0.29) is 18.0 Å². The number of benzene rings is 2. The number of amides is 2. The Balaban J connectivity index is 1.47. The number of nitrogens with one attached hydrogen (secondary N) is 2. The van der Waals surface area contributed by atoms with Crippen molar-refractivity contribution >= 4 is 40.2 Å². The van der Waals surface area contributed by atoms with E-state index in [2.05, 4.69) is 10.3 Å². The lowest BCUT2D eigenvalue weighted by Crippen LogP contribution is -2.48. The van der Waals surface area contributed by atoms with Gasteiger partial charge in [0.25, 0.3) is 11.8 Å². The van der Waals surface area contributed by atoms with Crippen LogP contribution in [0.1, 0.15) is 27.6 Å². The van der Waals surface area contributed by atoms with Gasteiger partial charge in [-0.3, -0.25) is 9.59 Å². The van der Waals surface area contributed by atoms with Crippen LogP contribution in [0.2, 0.25) is 0 Å². The number of hydrogen-bond donors (Lipinski definition) is 3. The molecule has 1 aliphatic rings. The Kier molecular flexibility index (Phi) is 6.46. The summed E-state index contributed by atoms with van der Waals surface area (Å²) in [5, 5.41) is 10.6. The molecule has 2 amide bonds. The third-order valence-electron chi connectivity index (χ3n) is 6.55. The maximum atomic E-state index is 13.4. The Hall–Kier alpha value is -4.87. The smallest absolute Gasteiger partial charge is 0.431 e. The van der Waals surface area contributed by atoms with Crippen molar-refractivity contribution in [2.45, 2.75) is 25.2 Å². The van der Waals surface area contributed by atoms with Crippen LogP contribution in [0.25, 0.3) is 16.5 Å². The fourth-order valence-corrected chi connectivity index (χ4v) is 4.67. The van der Waals surface area contributed by atoms with Crippen molar-refractivity contribution in [2.75, 3.05) is 11.9 Å². The Labute approximate surface area is 220 Å². The minimum Gasteiger partial charge on any atom is -0.437 e. The first-order valence-corrected chi connectivity index (χ1v) is 11.8. The molecular weight excluding hydrogens is 513 g/mol. The molecule has 0 unspecified atom stereocenters. The molecular formula is C27H23F3N6O3. The second kappa shape index (κ2) is 9.78. The lowest BCUT2D eigenvalue weighted by Gasteiger charge is -2.21. The Morgan fingerprint density at radius 1 is 1.23 bits per heavy atom. The third kappa shape index (κ3) is 4.76. The zero-order valence-corrected chi connectivity index (χ0v) is 20.6. The quantitative estimate of drug-likeness (QED) is 0.322. The fraction of sp³-hybridized carbons (Fsp3) is 0.185. The minimum absolute atomic E-state index is 0.0859. The summed E-state index contributed by atoms with van der Waals surface area (Å²) in [4.78, 5) is 31.7. The molecule has 0 saturated carbocycles. The van der Waals surface area contributed by atoms with Crippen LogP contribution >= 0.6 is 0 Å².